The number of fused-ring (bicyclic) bond motifs is 1. The van der Waals surface area contributed by atoms with Crippen LogP contribution in [0.5, 0.6) is 11.5 Å². The SMILES string of the molecule is O=C(COc1ccccc1)Oc1cccc2cccnc12. The molecule has 21 heavy (non-hydrogen) atoms. The Bertz CT molecular complexity index is 751. The molecule has 4 nitrogen and oxygen atoms in total. The summed E-state index contributed by atoms with van der Waals surface area (Å²) in [5, 5.41) is 0.923. The van der Waals surface area contributed by atoms with Crippen molar-refractivity contribution in [2.45, 2.75) is 0 Å². The predicted molar refractivity (Wildman–Crippen MR) is 79.3 cm³/mol. The molecule has 4 heteroatoms. The Morgan fingerprint density at radius 1 is 0.952 bits per heavy atom. The Kier molecular flexibility index (Phi) is 3.78. The van der Waals surface area contributed by atoms with Crippen molar-refractivity contribution in [3.05, 3.63) is 66.9 Å². The van der Waals surface area contributed by atoms with Gasteiger partial charge in [0.15, 0.2) is 12.4 Å². The summed E-state index contributed by atoms with van der Waals surface area (Å²) in [5.41, 5.74) is 0.660. The van der Waals surface area contributed by atoms with E-state index in [-0.39, 0.29) is 6.61 Å². The molecule has 0 fully saturated rings. The maximum atomic E-state index is 11.9. The van der Waals surface area contributed by atoms with Crippen LogP contribution in [0.2, 0.25) is 0 Å². The van der Waals surface area contributed by atoms with E-state index in [1.165, 1.54) is 0 Å². The van der Waals surface area contributed by atoms with Crippen molar-refractivity contribution in [2.75, 3.05) is 6.61 Å². The van der Waals surface area contributed by atoms with E-state index < -0.39 is 5.97 Å². The van der Waals surface area contributed by atoms with E-state index in [4.69, 9.17) is 9.47 Å². The largest absolute Gasteiger partial charge is 0.482 e. The minimum Gasteiger partial charge on any atom is -0.482 e. The van der Waals surface area contributed by atoms with Gasteiger partial charge in [-0.15, -0.1) is 0 Å². The highest BCUT2D eigenvalue weighted by atomic mass is 16.6. The van der Waals surface area contributed by atoms with Crippen LogP contribution in [0.4, 0.5) is 0 Å². The number of para-hydroxylation sites is 2. The molecule has 0 atom stereocenters. The van der Waals surface area contributed by atoms with E-state index in [0.29, 0.717) is 17.0 Å². The summed E-state index contributed by atoms with van der Waals surface area (Å²) in [6.07, 6.45) is 1.67. The van der Waals surface area contributed by atoms with Crippen LogP contribution in [0.1, 0.15) is 0 Å². The van der Waals surface area contributed by atoms with Crippen molar-refractivity contribution in [3.63, 3.8) is 0 Å². The Morgan fingerprint density at radius 3 is 2.62 bits per heavy atom. The maximum Gasteiger partial charge on any atom is 0.349 e. The first-order valence-corrected chi connectivity index (χ1v) is 6.55. The van der Waals surface area contributed by atoms with Gasteiger partial charge in [-0.25, -0.2) is 4.79 Å². The lowest BCUT2D eigenvalue weighted by Crippen LogP contribution is -2.17. The molecule has 0 saturated heterocycles. The molecule has 0 N–H and O–H groups in total. The number of nitrogens with zero attached hydrogens (tertiary/aromatic N) is 1. The number of rotatable bonds is 4. The number of hydrogen-bond acceptors (Lipinski definition) is 4. The van der Waals surface area contributed by atoms with E-state index >= 15 is 0 Å². The van der Waals surface area contributed by atoms with Crippen molar-refractivity contribution < 1.29 is 14.3 Å². The zero-order valence-corrected chi connectivity index (χ0v) is 11.2. The summed E-state index contributed by atoms with van der Waals surface area (Å²) in [6.45, 7) is -0.146. The lowest BCUT2D eigenvalue weighted by atomic mass is 10.2. The molecule has 104 valence electrons. The van der Waals surface area contributed by atoms with E-state index in [2.05, 4.69) is 4.98 Å². The zero-order chi connectivity index (χ0) is 14.5. The van der Waals surface area contributed by atoms with Crippen molar-refractivity contribution in [1.82, 2.24) is 4.98 Å². The van der Waals surface area contributed by atoms with Gasteiger partial charge in [0, 0.05) is 11.6 Å². The van der Waals surface area contributed by atoms with Gasteiger partial charge < -0.3 is 9.47 Å². The van der Waals surface area contributed by atoms with E-state index in [9.17, 15) is 4.79 Å². The van der Waals surface area contributed by atoms with Gasteiger partial charge in [-0.1, -0.05) is 36.4 Å². The number of carbonyl (C=O) groups excluding carboxylic acids is 1. The lowest BCUT2D eigenvalue weighted by molar-refractivity contribution is -0.136. The molecule has 0 aliphatic rings. The summed E-state index contributed by atoms with van der Waals surface area (Å²) in [4.78, 5) is 16.1. The fraction of sp³-hybridized carbons (Fsp3) is 0.0588. The summed E-state index contributed by atoms with van der Waals surface area (Å²) < 4.78 is 10.7. The second kappa shape index (κ2) is 6.05. The number of esters is 1. The van der Waals surface area contributed by atoms with E-state index in [1.807, 2.05) is 42.5 Å². The highest BCUT2D eigenvalue weighted by Gasteiger charge is 2.09. The molecule has 0 aliphatic carbocycles. The van der Waals surface area contributed by atoms with Gasteiger partial charge in [0.05, 0.1) is 0 Å². The Morgan fingerprint density at radius 2 is 1.76 bits per heavy atom. The average molecular weight is 279 g/mol. The highest BCUT2D eigenvalue weighted by Crippen LogP contribution is 2.23. The molecule has 1 heterocycles. The van der Waals surface area contributed by atoms with Crippen LogP contribution in [0.3, 0.4) is 0 Å². The zero-order valence-electron chi connectivity index (χ0n) is 11.2. The van der Waals surface area contributed by atoms with Gasteiger partial charge >= 0.3 is 5.97 Å². The van der Waals surface area contributed by atoms with Gasteiger partial charge in [0.1, 0.15) is 11.3 Å². The van der Waals surface area contributed by atoms with Gasteiger partial charge in [-0.05, 0) is 24.3 Å². The third kappa shape index (κ3) is 3.17. The Hall–Kier alpha value is -2.88. The van der Waals surface area contributed by atoms with Crippen LogP contribution >= 0.6 is 0 Å². The van der Waals surface area contributed by atoms with Crippen LogP contribution in [0.15, 0.2) is 66.9 Å². The maximum absolute atomic E-state index is 11.9. The van der Waals surface area contributed by atoms with Crippen LogP contribution < -0.4 is 9.47 Å². The van der Waals surface area contributed by atoms with Crippen LogP contribution in [-0.4, -0.2) is 17.6 Å². The first-order valence-electron chi connectivity index (χ1n) is 6.55. The predicted octanol–water partition coefficient (Wildman–Crippen LogP) is 3.22. The second-order valence-corrected chi connectivity index (χ2v) is 4.41. The lowest BCUT2D eigenvalue weighted by Gasteiger charge is -2.08. The summed E-state index contributed by atoms with van der Waals surface area (Å²) in [6, 6.07) is 18.4. The molecule has 3 rings (SSSR count). The normalized spacial score (nSPS) is 10.3. The summed E-state index contributed by atoms with van der Waals surface area (Å²) >= 11 is 0. The molecule has 0 aliphatic heterocycles. The Labute approximate surface area is 122 Å². The quantitative estimate of drug-likeness (QED) is 0.543. The molecule has 0 spiro atoms. The monoisotopic (exact) mass is 279 g/mol. The molecule has 0 unspecified atom stereocenters. The molecule has 0 amide bonds. The standard InChI is InChI=1S/C17H13NO3/c19-16(12-20-14-8-2-1-3-9-14)21-15-10-4-6-13-7-5-11-18-17(13)15/h1-11H,12H2. The molecule has 2 aromatic carbocycles. The number of aromatic nitrogens is 1. The van der Waals surface area contributed by atoms with E-state index in [0.717, 1.165) is 5.39 Å². The number of benzene rings is 2. The van der Waals surface area contributed by atoms with Gasteiger partial charge in [-0.2, -0.15) is 0 Å². The smallest absolute Gasteiger partial charge is 0.349 e. The first-order chi connectivity index (χ1) is 10.3. The molecular formula is C17H13NO3. The minimum absolute atomic E-state index is 0.146. The van der Waals surface area contributed by atoms with Gasteiger partial charge in [0.25, 0.3) is 0 Å². The number of ether oxygens (including phenoxy) is 2. The molecule has 0 saturated carbocycles. The minimum atomic E-state index is -0.461. The third-order valence-corrected chi connectivity index (χ3v) is 2.92. The molecule has 0 bridgehead atoms. The first kappa shape index (κ1) is 13.1. The average Bonchev–Trinajstić information content (AvgIpc) is 2.54. The number of hydrogen-bond donors (Lipinski definition) is 0. The van der Waals surface area contributed by atoms with Crippen LogP contribution in [0, 0.1) is 0 Å². The van der Waals surface area contributed by atoms with Crippen LogP contribution in [-0.2, 0) is 4.79 Å². The van der Waals surface area contributed by atoms with Crippen molar-refractivity contribution in [2.24, 2.45) is 0 Å². The summed E-state index contributed by atoms with van der Waals surface area (Å²) in [5.74, 6) is 0.609. The van der Waals surface area contributed by atoms with Gasteiger partial charge in [0.2, 0.25) is 0 Å². The second-order valence-electron chi connectivity index (χ2n) is 4.41. The Balaban J connectivity index is 1.69. The molecular weight excluding hydrogens is 266 g/mol. The number of pyridine rings is 1. The number of carbonyl (C=O) groups is 1. The fourth-order valence-electron chi connectivity index (χ4n) is 1.97. The van der Waals surface area contributed by atoms with Gasteiger partial charge in [-0.3, -0.25) is 4.98 Å². The van der Waals surface area contributed by atoms with Crippen molar-refractivity contribution >= 4 is 16.9 Å². The van der Waals surface area contributed by atoms with Crippen molar-refractivity contribution in [1.29, 1.82) is 0 Å². The third-order valence-electron chi connectivity index (χ3n) is 2.92. The molecule has 1 aromatic heterocycles. The molecule has 0 radical (unpaired) electrons. The van der Waals surface area contributed by atoms with Crippen molar-refractivity contribution in [3.8, 4) is 11.5 Å². The van der Waals surface area contributed by atoms with Crippen LogP contribution in [0.25, 0.3) is 10.9 Å². The highest BCUT2D eigenvalue weighted by molar-refractivity contribution is 5.87. The summed E-state index contributed by atoms with van der Waals surface area (Å²) in [7, 11) is 0. The fourth-order valence-corrected chi connectivity index (χ4v) is 1.97. The topological polar surface area (TPSA) is 48.4 Å². The molecule has 3 aromatic rings. The van der Waals surface area contributed by atoms with E-state index in [1.54, 1.807) is 24.4 Å².